The molecular formula is C15H15N7OS. The molecule has 9 heteroatoms. The Hall–Kier alpha value is -2.68. The van der Waals surface area contributed by atoms with Crippen molar-refractivity contribution in [3.8, 4) is 0 Å². The number of rotatable bonds is 2. The number of nitrogens with zero attached hydrogens (tertiary/aromatic N) is 6. The molecule has 0 fully saturated rings. The maximum atomic E-state index is 12.4. The standard InChI is InChI=1S/C15H15N7OS/c1-20-14(23)13-10(4-6-24-13)22-12(18-19-15(20)22)8-21-5-2-3-9-11(21)7-16-17-9/h4,6-7H,2-3,5,8H2,1H3,(H,16,17). The molecule has 24 heavy (non-hydrogen) atoms. The topological polar surface area (TPSA) is 84.1 Å². The lowest BCUT2D eigenvalue weighted by Crippen LogP contribution is -2.29. The van der Waals surface area contributed by atoms with E-state index < -0.39 is 0 Å². The molecule has 4 aromatic heterocycles. The van der Waals surface area contributed by atoms with Crippen LogP contribution in [0.2, 0.25) is 0 Å². The van der Waals surface area contributed by atoms with Crippen LogP contribution in [0.15, 0.2) is 22.4 Å². The molecule has 0 bridgehead atoms. The predicted molar refractivity (Wildman–Crippen MR) is 91.6 cm³/mol. The SMILES string of the molecule is Cn1c(=O)c2sccc2n2c(CN3CCCc4[nH]ncc43)nnc12. The van der Waals surface area contributed by atoms with Crippen molar-refractivity contribution < 1.29 is 0 Å². The Morgan fingerprint density at radius 2 is 2.29 bits per heavy atom. The number of fused-ring (bicyclic) bond motifs is 4. The van der Waals surface area contributed by atoms with Gasteiger partial charge in [0, 0.05) is 13.6 Å². The van der Waals surface area contributed by atoms with Crippen LogP contribution in [0.3, 0.4) is 0 Å². The monoisotopic (exact) mass is 341 g/mol. The molecule has 0 spiro atoms. The maximum Gasteiger partial charge on any atom is 0.272 e. The number of nitrogens with one attached hydrogen (secondary N) is 1. The Bertz CT molecular complexity index is 1120. The Kier molecular flexibility index (Phi) is 2.81. The summed E-state index contributed by atoms with van der Waals surface area (Å²) < 4.78 is 4.28. The molecule has 8 nitrogen and oxygen atoms in total. The first kappa shape index (κ1) is 13.7. The van der Waals surface area contributed by atoms with Gasteiger partial charge in [0.2, 0.25) is 5.78 Å². The van der Waals surface area contributed by atoms with Gasteiger partial charge < -0.3 is 4.90 Å². The van der Waals surface area contributed by atoms with Crippen LogP contribution >= 0.6 is 11.3 Å². The van der Waals surface area contributed by atoms with Crippen molar-refractivity contribution in [2.75, 3.05) is 11.4 Å². The molecule has 122 valence electrons. The molecule has 0 saturated heterocycles. The van der Waals surface area contributed by atoms with Gasteiger partial charge in [0.05, 0.1) is 29.6 Å². The van der Waals surface area contributed by atoms with Gasteiger partial charge in [-0.05, 0) is 24.3 Å². The number of H-pyrrole nitrogens is 1. The summed E-state index contributed by atoms with van der Waals surface area (Å²) in [5.74, 6) is 1.41. The number of aromatic nitrogens is 6. The summed E-state index contributed by atoms with van der Waals surface area (Å²) in [6.45, 7) is 1.59. The highest BCUT2D eigenvalue weighted by molar-refractivity contribution is 7.17. The fourth-order valence-corrected chi connectivity index (χ4v) is 4.27. The van der Waals surface area contributed by atoms with Gasteiger partial charge in [-0.25, -0.2) is 0 Å². The smallest absolute Gasteiger partial charge is 0.272 e. The summed E-state index contributed by atoms with van der Waals surface area (Å²) in [5, 5.41) is 17.8. The highest BCUT2D eigenvalue weighted by Gasteiger charge is 2.22. The molecule has 5 heterocycles. The van der Waals surface area contributed by atoms with E-state index in [0.29, 0.717) is 12.3 Å². The molecule has 4 aromatic rings. The predicted octanol–water partition coefficient (Wildman–Crippen LogP) is 1.32. The van der Waals surface area contributed by atoms with E-state index in [0.717, 1.165) is 41.1 Å². The van der Waals surface area contributed by atoms with Crippen LogP contribution in [0.5, 0.6) is 0 Å². The van der Waals surface area contributed by atoms with Crippen LogP contribution in [0.25, 0.3) is 16.0 Å². The third-order valence-electron chi connectivity index (χ3n) is 4.62. The van der Waals surface area contributed by atoms with Crippen molar-refractivity contribution in [2.24, 2.45) is 7.05 Å². The van der Waals surface area contributed by atoms with E-state index in [1.54, 1.807) is 11.6 Å². The fourth-order valence-electron chi connectivity index (χ4n) is 3.42. The largest absolute Gasteiger partial charge is 0.361 e. The zero-order valence-corrected chi connectivity index (χ0v) is 13.9. The summed E-state index contributed by atoms with van der Waals surface area (Å²) in [6.07, 6.45) is 3.97. The van der Waals surface area contributed by atoms with E-state index in [1.165, 1.54) is 17.0 Å². The normalized spacial score (nSPS) is 14.6. The summed E-state index contributed by atoms with van der Waals surface area (Å²) in [4.78, 5) is 14.7. The van der Waals surface area contributed by atoms with E-state index in [4.69, 9.17) is 0 Å². The van der Waals surface area contributed by atoms with Gasteiger partial charge in [-0.2, -0.15) is 5.10 Å². The zero-order valence-electron chi connectivity index (χ0n) is 13.1. The molecule has 5 rings (SSSR count). The van der Waals surface area contributed by atoms with Gasteiger partial charge in [0.15, 0.2) is 5.82 Å². The lowest BCUT2D eigenvalue weighted by Gasteiger charge is -2.27. The van der Waals surface area contributed by atoms with E-state index in [2.05, 4.69) is 25.3 Å². The van der Waals surface area contributed by atoms with E-state index in [9.17, 15) is 4.79 Å². The number of hydrogen-bond acceptors (Lipinski definition) is 6. The minimum Gasteiger partial charge on any atom is -0.361 e. The molecule has 0 aliphatic carbocycles. The Labute approximate surface area is 140 Å². The van der Waals surface area contributed by atoms with Gasteiger partial charge in [0.1, 0.15) is 4.70 Å². The lowest BCUT2D eigenvalue weighted by atomic mass is 10.1. The Morgan fingerprint density at radius 3 is 3.21 bits per heavy atom. The van der Waals surface area contributed by atoms with E-state index in [1.807, 2.05) is 22.0 Å². The van der Waals surface area contributed by atoms with E-state index in [-0.39, 0.29) is 5.56 Å². The van der Waals surface area contributed by atoms with Crippen LogP contribution in [0, 0.1) is 0 Å². The lowest BCUT2D eigenvalue weighted by molar-refractivity contribution is 0.664. The van der Waals surface area contributed by atoms with Crippen molar-refractivity contribution >= 4 is 33.0 Å². The molecule has 1 N–H and O–H groups in total. The number of thiophene rings is 1. The van der Waals surface area contributed by atoms with Gasteiger partial charge in [0.25, 0.3) is 5.56 Å². The number of aromatic amines is 1. The summed E-state index contributed by atoms with van der Waals surface area (Å²) in [7, 11) is 1.74. The van der Waals surface area contributed by atoms with Crippen LogP contribution < -0.4 is 10.5 Å². The van der Waals surface area contributed by atoms with E-state index >= 15 is 0 Å². The van der Waals surface area contributed by atoms with Crippen molar-refractivity contribution in [1.82, 2.24) is 29.4 Å². The molecule has 0 radical (unpaired) electrons. The first-order valence-corrected chi connectivity index (χ1v) is 8.69. The minimum atomic E-state index is -0.0263. The molecule has 0 atom stereocenters. The molecule has 0 aromatic carbocycles. The van der Waals surface area contributed by atoms with Gasteiger partial charge in [-0.3, -0.25) is 18.9 Å². The molecule has 1 aliphatic heterocycles. The Morgan fingerprint density at radius 1 is 1.38 bits per heavy atom. The van der Waals surface area contributed by atoms with Gasteiger partial charge in [-0.1, -0.05) is 0 Å². The van der Waals surface area contributed by atoms with Gasteiger partial charge >= 0.3 is 0 Å². The first-order valence-electron chi connectivity index (χ1n) is 7.81. The second kappa shape index (κ2) is 4.91. The average Bonchev–Trinajstić information content (AvgIpc) is 3.31. The summed E-state index contributed by atoms with van der Waals surface area (Å²) in [5.41, 5.74) is 3.15. The molecule has 0 saturated carbocycles. The summed E-state index contributed by atoms with van der Waals surface area (Å²) >= 11 is 1.45. The maximum absolute atomic E-state index is 12.4. The highest BCUT2D eigenvalue weighted by atomic mass is 32.1. The summed E-state index contributed by atoms with van der Waals surface area (Å²) in [6, 6.07) is 1.96. The van der Waals surface area contributed by atoms with Crippen LogP contribution in [-0.4, -0.2) is 35.9 Å². The van der Waals surface area contributed by atoms with Crippen molar-refractivity contribution in [2.45, 2.75) is 19.4 Å². The first-order chi connectivity index (χ1) is 11.7. The third kappa shape index (κ3) is 1.78. The van der Waals surface area contributed by atoms with Crippen molar-refractivity contribution in [3.63, 3.8) is 0 Å². The van der Waals surface area contributed by atoms with Crippen LogP contribution in [0.4, 0.5) is 5.69 Å². The third-order valence-corrected chi connectivity index (χ3v) is 5.51. The number of aryl methyl sites for hydroxylation is 2. The average molecular weight is 341 g/mol. The van der Waals surface area contributed by atoms with Crippen LogP contribution in [0.1, 0.15) is 17.9 Å². The van der Waals surface area contributed by atoms with Crippen LogP contribution in [-0.2, 0) is 20.0 Å². The van der Waals surface area contributed by atoms with Crippen molar-refractivity contribution in [3.05, 3.63) is 39.5 Å². The second-order valence-corrected chi connectivity index (χ2v) is 6.93. The molecule has 1 aliphatic rings. The van der Waals surface area contributed by atoms with Gasteiger partial charge in [-0.15, -0.1) is 21.5 Å². The number of anilines is 1. The fraction of sp³-hybridized carbons (Fsp3) is 0.333. The van der Waals surface area contributed by atoms with Crippen molar-refractivity contribution in [1.29, 1.82) is 0 Å². The molecule has 0 unspecified atom stereocenters. The second-order valence-electron chi connectivity index (χ2n) is 6.01. The molecule has 0 amide bonds. The molecular weight excluding hydrogens is 326 g/mol. The Balaban J connectivity index is 1.68. The highest BCUT2D eigenvalue weighted by Crippen LogP contribution is 2.27. The number of hydrogen-bond donors (Lipinski definition) is 1. The minimum absolute atomic E-state index is 0.0263. The zero-order chi connectivity index (χ0) is 16.3. The quantitative estimate of drug-likeness (QED) is 0.594.